The fourth-order valence-electron chi connectivity index (χ4n) is 7.29. The minimum absolute atomic E-state index is 0.939. The van der Waals surface area contributed by atoms with Crippen molar-refractivity contribution in [2.24, 2.45) is 0 Å². The van der Waals surface area contributed by atoms with Crippen molar-refractivity contribution in [2.75, 3.05) is 0 Å². The molecule has 0 spiro atoms. The van der Waals surface area contributed by atoms with Crippen LogP contribution in [0.3, 0.4) is 0 Å². The maximum atomic E-state index is 5.05. The van der Waals surface area contributed by atoms with Gasteiger partial charge in [-0.15, -0.1) is 0 Å². The molecule has 0 bridgehead atoms. The minimum Gasteiger partial charge on any atom is -0.309 e. The highest BCUT2D eigenvalue weighted by molar-refractivity contribution is 6.18. The Morgan fingerprint density at radius 1 is 0.476 bits per heavy atom. The molecule has 42 heavy (non-hydrogen) atoms. The van der Waals surface area contributed by atoms with Crippen molar-refractivity contribution >= 4 is 54.4 Å². The van der Waals surface area contributed by atoms with Crippen LogP contribution in [0, 0.1) is 0 Å². The fourth-order valence-corrected chi connectivity index (χ4v) is 7.29. The Balaban J connectivity index is 1.29. The van der Waals surface area contributed by atoms with Gasteiger partial charge in [-0.1, -0.05) is 72.8 Å². The predicted octanol–water partition coefficient (Wildman–Crippen LogP) is 9.47. The van der Waals surface area contributed by atoms with Gasteiger partial charge in [0.2, 0.25) is 0 Å². The van der Waals surface area contributed by atoms with E-state index in [0.29, 0.717) is 0 Å². The average molecular weight is 535 g/mol. The van der Waals surface area contributed by atoms with Crippen LogP contribution in [-0.4, -0.2) is 19.1 Å². The number of hydrogen-bond acceptors (Lipinski definition) is 2. The van der Waals surface area contributed by atoms with Crippen LogP contribution in [0.25, 0.3) is 88.1 Å². The van der Waals surface area contributed by atoms with E-state index in [0.717, 1.165) is 39.1 Å². The molecule has 1 aliphatic rings. The largest absolute Gasteiger partial charge is 0.309 e. The van der Waals surface area contributed by atoms with Gasteiger partial charge < -0.3 is 4.57 Å². The molecule has 10 rings (SSSR count). The number of rotatable bonds is 2. The van der Waals surface area contributed by atoms with E-state index in [1.54, 1.807) is 0 Å². The van der Waals surface area contributed by atoms with Crippen molar-refractivity contribution in [1.29, 1.82) is 0 Å². The number of aromatic nitrogens is 4. The number of hydrogen-bond donors (Lipinski definition) is 0. The molecular weight excluding hydrogens is 512 g/mol. The van der Waals surface area contributed by atoms with Crippen LogP contribution < -0.4 is 0 Å². The molecule has 4 aromatic heterocycles. The molecule has 4 heterocycles. The molecule has 4 heteroatoms. The molecule has 0 unspecified atom stereocenters. The highest BCUT2D eigenvalue weighted by atomic mass is 15.1. The Kier molecular flexibility index (Phi) is 4.15. The lowest BCUT2D eigenvalue weighted by atomic mass is 10.1. The lowest BCUT2D eigenvalue weighted by Crippen LogP contribution is -2.00. The van der Waals surface area contributed by atoms with Crippen LogP contribution in [0.1, 0.15) is 0 Å². The minimum atomic E-state index is 0.939. The van der Waals surface area contributed by atoms with Crippen molar-refractivity contribution in [2.45, 2.75) is 0 Å². The third-order valence-electron chi connectivity index (χ3n) is 8.98. The summed E-state index contributed by atoms with van der Waals surface area (Å²) in [5, 5.41) is 7.36. The zero-order valence-corrected chi connectivity index (χ0v) is 22.5. The fraction of sp³-hybridized carbons (Fsp3) is 0. The van der Waals surface area contributed by atoms with Crippen LogP contribution >= 0.6 is 0 Å². The number of fused-ring (bicyclic) bond motifs is 9. The molecule has 0 N–H and O–H groups in total. The van der Waals surface area contributed by atoms with E-state index in [1.165, 1.54) is 49.1 Å². The monoisotopic (exact) mass is 534 g/mol. The van der Waals surface area contributed by atoms with E-state index < -0.39 is 0 Å². The van der Waals surface area contributed by atoms with Crippen molar-refractivity contribution in [3.63, 3.8) is 0 Å². The zero-order valence-electron chi connectivity index (χ0n) is 22.5. The van der Waals surface area contributed by atoms with Gasteiger partial charge in [-0.05, 0) is 53.6 Å². The molecular formula is C38H22N4. The Morgan fingerprint density at radius 2 is 1.14 bits per heavy atom. The van der Waals surface area contributed by atoms with E-state index >= 15 is 0 Å². The molecule has 194 valence electrons. The lowest BCUT2D eigenvalue weighted by Gasteiger charge is -2.13. The molecule has 0 saturated heterocycles. The summed E-state index contributed by atoms with van der Waals surface area (Å²) >= 11 is 0. The molecule has 0 fully saturated rings. The highest BCUT2D eigenvalue weighted by Gasteiger charge is 2.27. The summed E-state index contributed by atoms with van der Waals surface area (Å²) in [6, 6.07) is 41.5. The van der Waals surface area contributed by atoms with Gasteiger partial charge in [0, 0.05) is 67.7 Å². The number of nitrogens with zero attached hydrogens (tertiary/aromatic N) is 4. The van der Waals surface area contributed by atoms with Gasteiger partial charge in [0.1, 0.15) is 5.82 Å². The summed E-state index contributed by atoms with van der Waals surface area (Å²) in [6.07, 6.45) is 5.90. The maximum absolute atomic E-state index is 5.05. The second-order valence-electron chi connectivity index (χ2n) is 11.1. The molecule has 4 nitrogen and oxygen atoms in total. The predicted molar refractivity (Wildman–Crippen MR) is 173 cm³/mol. The second kappa shape index (κ2) is 7.93. The second-order valence-corrected chi connectivity index (χ2v) is 11.1. The Morgan fingerprint density at radius 3 is 1.90 bits per heavy atom. The standard InChI is InChI=1S/C38H22N4/c1-4-13-32-25(9-1)26-10-2-5-14-33(26)41(32)24-16-17-35-30(20-24)27-11-3-6-15-34(27)42(35)38-37-29(18-19-40-38)28-12-7-8-23-21-39-22-31(37)36(23)28/h1-22H. The Hall–Kier alpha value is -5.74. The first-order valence-corrected chi connectivity index (χ1v) is 14.3. The van der Waals surface area contributed by atoms with E-state index in [4.69, 9.17) is 4.98 Å². The van der Waals surface area contributed by atoms with Gasteiger partial charge in [0.15, 0.2) is 0 Å². The number of para-hydroxylation sites is 3. The van der Waals surface area contributed by atoms with Gasteiger partial charge in [0.25, 0.3) is 0 Å². The molecule has 0 atom stereocenters. The summed E-state index contributed by atoms with van der Waals surface area (Å²) < 4.78 is 4.72. The summed E-state index contributed by atoms with van der Waals surface area (Å²) in [5.74, 6) is 0.939. The topological polar surface area (TPSA) is 35.6 Å². The first-order chi connectivity index (χ1) is 20.9. The maximum Gasteiger partial charge on any atom is 0.146 e. The van der Waals surface area contributed by atoms with Crippen molar-refractivity contribution in [3.05, 3.63) is 134 Å². The van der Waals surface area contributed by atoms with Crippen molar-refractivity contribution in [3.8, 4) is 33.8 Å². The smallest absolute Gasteiger partial charge is 0.146 e. The highest BCUT2D eigenvalue weighted by Crippen LogP contribution is 2.49. The molecule has 5 aromatic carbocycles. The number of pyridine rings is 2. The SMILES string of the molecule is c1cc2c3c(cncc3c1)-c1c-2ccnc1-n1c2ccccc2c2cc(-n3c4ccccc4c4ccccc43)ccc21. The van der Waals surface area contributed by atoms with Crippen LogP contribution in [0.15, 0.2) is 134 Å². The molecule has 0 radical (unpaired) electrons. The molecule has 0 saturated carbocycles. The van der Waals surface area contributed by atoms with E-state index in [9.17, 15) is 0 Å². The number of benzene rings is 5. The average Bonchev–Trinajstić information content (AvgIpc) is 3.68. The molecule has 1 aliphatic carbocycles. The van der Waals surface area contributed by atoms with E-state index in [1.807, 2.05) is 18.6 Å². The van der Waals surface area contributed by atoms with E-state index in [2.05, 4.69) is 129 Å². The van der Waals surface area contributed by atoms with Gasteiger partial charge >= 0.3 is 0 Å². The summed E-state index contributed by atoms with van der Waals surface area (Å²) in [5.41, 5.74) is 10.6. The molecule has 9 aromatic rings. The van der Waals surface area contributed by atoms with Gasteiger partial charge in [-0.25, -0.2) is 4.98 Å². The van der Waals surface area contributed by atoms with Crippen LogP contribution in [-0.2, 0) is 0 Å². The Bertz CT molecular complexity index is 2530. The Labute approximate surface area is 240 Å². The molecule has 0 aliphatic heterocycles. The van der Waals surface area contributed by atoms with Crippen LogP contribution in [0.5, 0.6) is 0 Å². The van der Waals surface area contributed by atoms with Gasteiger partial charge in [0.05, 0.1) is 22.1 Å². The van der Waals surface area contributed by atoms with Gasteiger partial charge in [-0.3, -0.25) is 9.55 Å². The summed E-state index contributed by atoms with van der Waals surface area (Å²) in [7, 11) is 0. The zero-order chi connectivity index (χ0) is 27.4. The summed E-state index contributed by atoms with van der Waals surface area (Å²) in [4.78, 5) is 9.66. The third-order valence-corrected chi connectivity index (χ3v) is 8.98. The summed E-state index contributed by atoms with van der Waals surface area (Å²) in [6.45, 7) is 0. The van der Waals surface area contributed by atoms with Crippen LogP contribution in [0.2, 0.25) is 0 Å². The third kappa shape index (κ3) is 2.71. The van der Waals surface area contributed by atoms with E-state index in [-0.39, 0.29) is 0 Å². The van der Waals surface area contributed by atoms with Crippen molar-refractivity contribution < 1.29 is 0 Å². The molecule has 0 amide bonds. The first kappa shape index (κ1) is 22.0. The lowest BCUT2D eigenvalue weighted by molar-refractivity contribution is 1.08. The van der Waals surface area contributed by atoms with Crippen molar-refractivity contribution in [1.82, 2.24) is 19.1 Å². The first-order valence-electron chi connectivity index (χ1n) is 14.3. The normalized spacial score (nSPS) is 12.3. The van der Waals surface area contributed by atoms with Gasteiger partial charge in [-0.2, -0.15) is 0 Å². The van der Waals surface area contributed by atoms with Crippen LogP contribution in [0.4, 0.5) is 0 Å². The quantitative estimate of drug-likeness (QED) is 0.221.